The molecular formula is C20H11Cl2N3O4. The molecule has 0 amide bonds. The van der Waals surface area contributed by atoms with Crippen molar-refractivity contribution in [2.24, 2.45) is 0 Å². The van der Waals surface area contributed by atoms with Gasteiger partial charge >= 0.3 is 0 Å². The molecule has 0 spiro atoms. The number of rotatable bonds is 4. The fraction of sp³-hybridized carbons (Fsp3) is 0.100. The van der Waals surface area contributed by atoms with Gasteiger partial charge in [0.25, 0.3) is 5.56 Å². The molecule has 4 rings (SSSR count). The summed E-state index contributed by atoms with van der Waals surface area (Å²) >= 11 is 12.1. The second-order valence-corrected chi connectivity index (χ2v) is 6.99. The van der Waals surface area contributed by atoms with Gasteiger partial charge in [0.15, 0.2) is 23.2 Å². The van der Waals surface area contributed by atoms with Gasteiger partial charge in [-0.15, -0.1) is 0 Å². The third-order valence-electron chi connectivity index (χ3n) is 4.26. The highest BCUT2D eigenvalue weighted by Crippen LogP contribution is 2.40. The van der Waals surface area contributed by atoms with Crippen LogP contribution >= 0.6 is 23.2 Å². The SMILES string of the molecule is N#CC(C(=O)/C=C/c1cc(Cl)c2c(c1)OCO2)c1nc2cc(Cl)ccc2c(=O)[nH]1. The number of H-pyrrole nitrogens is 1. The molecule has 0 fully saturated rings. The summed E-state index contributed by atoms with van der Waals surface area (Å²) in [7, 11) is 0. The standard InChI is InChI=1S/C20H11Cl2N3O4/c21-11-2-3-12-15(7-11)24-19(25-20(12)27)13(8-23)16(26)4-1-10-5-14(22)18-17(6-10)28-9-29-18/h1-7,13H,9H2,(H,24,25,27)/b4-1+. The average Bonchev–Trinajstić information content (AvgIpc) is 3.16. The number of fused-ring (bicyclic) bond motifs is 2. The number of allylic oxidation sites excluding steroid dienone is 1. The lowest BCUT2D eigenvalue weighted by Gasteiger charge is -2.07. The van der Waals surface area contributed by atoms with E-state index < -0.39 is 17.3 Å². The molecule has 9 heteroatoms. The molecule has 0 aliphatic carbocycles. The van der Waals surface area contributed by atoms with Crippen LogP contribution in [0.25, 0.3) is 17.0 Å². The summed E-state index contributed by atoms with van der Waals surface area (Å²) in [6, 6.07) is 9.74. The second kappa shape index (κ2) is 7.59. The lowest BCUT2D eigenvalue weighted by atomic mass is 10.0. The first kappa shape index (κ1) is 19.0. The summed E-state index contributed by atoms with van der Waals surface area (Å²) in [5.74, 6) is -0.969. The number of nitrogens with zero attached hydrogens (tertiary/aromatic N) is 2. The number of aromatic nitrogens is 2. The summed E-state index contributed by atoms with van der Waals surface area (Å²) in [6.45, 7) is 0.0721. The Kier molecular flexibility index (Phi) is 4.97. The Labute approximate surface area is 174 Å². The van der Waals surface area contributed by atoms with Crippen LogP contribution < -0.4 is 15.0 Å². The zero-order valence-corrected chi connectivity index (χ0v) is 16.1. The molecule has 1 aromatic heterocycles. The van der Waals surface area contributed by atoms with Gasteiger partial charge in [-0.25, -0.2) is 4.98 Å². The van der Waals surface area contributed by atoms with Crippen molar-refractivity contribution >= 4 is 46.0 Å². The Balaban J connectivity index is 1.65. The van der Waals surface area contributed by atoms with Crippen LogP contribution in [0.5, 0.6) is 11.5 Å². The van der Waals surface area contributed by atoms with E-state index >= 15 is 0 Å². The van der Waals surface area contributed by atoms with Gasteiger partial charge in [-0.3, -0.25) is 9.59 Å². The molecule has 2 heterocycles. The van der Waals surface area contributed by atoms with Crippen molar-refractivity contribution in [1.82, 2.24) is 9.97 Å². The van der Waals surface area contributed by atoms with Gasteiger partial charge in [0.1, 0.15) is 5.82 Å². The minimum atomic E-state index is -1.29. The van der Waals surface area contributed by atoms with Crippen LogP contribution in [0.15, 0.2) is 41.2 Å². The molecule has 3 aromatic rings. The van der Waals surface area contributed by atoms with Crippen LogP contribution in [-0.2, 0) is 4.79 Å². The Morgan fingerprint density at radius 2 is 2.10 bits per heavy atom. The zero-order valence-electron chi connectivity index (χ0n) is 14.6. The third-order valence-corrected chi connectivity index (χ3v) is 4.78. The van der Waals surface area contributed by atoms with Crippen LogP contribution in [0.4, 0.5) is 0 Å². The van der Waals surface area contributed by atoms with E-state index in [0.717, 1.165) is 0 Å². The highest BCUT2D eigenvalue weighted by atomic mass is 35.5. The van der Waals surface area contributed by atoms with Crippen molar-refractivity contribution in [2.75, 3.05) is 6.79 Å². The average molecular weight is 428 g/mol. The Morgan fingerprint density at radius 3 is 2.90 bits per heavy atom. The van der Waals surface area contributed by atoms with E-state index in [-0.39, 0.29) is 12.6 Å². The maximum Gasteiger partial charge on any atom is 0.258 e. The van der Waals surface area contributed by atoms with E-state index in [2.05, 4.69) is 9.97 Å². The summed E-state index contributed by atoms with van der Waals surface area (Å²) in [4.78, 5) is 31.6. The minimum absolute atomic E-state index is 0.0503. The Hall–Kier alpha value is -3.34. The highest BCUT2D eigenvalue weighted by Gasteiger charge is 2.22. The molecule has 0 saturated heterocycles. The topological polar surface area (TPSA) is 105 Å². The lowest BCUT2D eigenvalue weighted by molar-refractivity contribution is -0.114. The number of hydrogen-bond donors (Lipinski definition) is 1. The third kappa shape index (κ3) is 3.68. The van der Waals surface area contributed by atoms with E-state index in [4.69, 9.17) is 32.7 Å². The molecule has 1 atom stereocenters. The van der Waals surface area contributed by atoms with Gasteiger partial charge < -0.3 is 14.5 Å². The van der Waals surface area contributed by atoms with Crippen molar-refractivity contribution in [2.45, 2.75) is 5.92 Å². The Bertz CT molecular complexity index is 1280. The van der Waals surface area contributed by atoms with Crippen LogP contribution in [0.3, 0.4) is 0 Å². The number of ketones is 1. The highest BCUT2D eigenvalue weighted by molar-refractivity contribution is 6.32. The van der Waals surface area contributed by atoms with Crippen molar-refractivity contribution < 1.29 is 14.3 Å². The zero-order chi connectivity index (χ0) is 20.5. The summed E-state index contributed by atoms with van der Waals surface area (Å²) in [6.07, 6.45) is 2.72. The molecule has 1 aliphatic rings. The smallest absolute Gasteiger partial charge is 0.258 e. The van der Waals surface area contributed by atoms with Gasteiger partial charge in [0, 0.05) is 5.02 Å². The number of nitrogens with one attached hydrogen (secondary N) is 1. The molecule has 7 nitrogen and oxygen atoms in total. The minimum Gasteiger partial charge on any atom is -0.454 e. The van der Waals surface area contributed by atoms with Crippen molar-refractivity contribution in [3.8, 4) is 17.6 Å². The number of benzene rings is 2. The summed E-state index contributed by atoms with van der Waals surface area (Å²) < 4.78 is 10.5. The first-order chi connectivity index (χ1) is 14.0. The molecule has 2 aromatic carbocycles. The predicted octanol–water partition coefficient (Wildman–Crippen LogP) is 3.85. The van der Waals surface area contributed by atoms with E-state index in [1.165, 1.54) is 24.3 Å². The van der Waals surface area contributed by atoms with Gasteiger partial charge in [0.2, 0.25) is 6.79 Å². The number of hydrogen-bond acceptors (Lipinski definition) is 6. The molecule has 1 unspecified atom stereocenters. The number of carbonyl (C=O) groups is 1. The molecule has 0 radical (unpaired) electrons. The van der Waals surface area contributed by atoms with Crippen LogP contribution in [0.2, 0.25) is 10.0 Å². The summed E-state index contributed by atoms with van der Waals surface area (Å²) in [5, 5.41) is 10.5. The monoisotopic (exact) mass is 427 g/mol. The first-order valence-electron chi connectivity index (χ1n) is 8.36. The van der Waals surface area contributed by atoms with Crippen molar-refractivity contribution in [3.63, 3.8) is 0 Å². The number of halogens is 2. The molecule has 0 saturated carbocycles. The molecule has 1 aliphatic heterocycles. The number of nitriles is 1. The number of carbonyl (C=O) groups excluding carboxylic acids is 1. The van der Waals surface area contributed by atoms with Gasteiger partial charge in [-0.05, 0) is 42.0 Å². The normalized spacial score (nSPS) is 13.6. The Morgan fingerprint density at radius 1 is 1.28 bits per heavy atom. The van der Waals surface area contributed by atoms with E-state index in [0.29, 0.717) is 38.0 Å². The van der Waals surface area contributed by atoms with E-state index in [9.17, 15) is 14.9 Å². The molecular weight excluding hydrogens is 417 g/mol. The number of ether oxygens (including phenoxy) is 2. The number of aromatic amines is 1. The van der Waals surface area contributed by atoms with E-state index in [1.54, 1.807) is 18.2 Å². The first-order valence-corrected chi connectivity index (χ1v) is 9.12. The van der Waals surface area contributed by atoms with E-state index in [1.807, 2.05) is 6.07 Å². The fourth-order valence-electron chi connectivity index (χ4n) is 2.89. The van der Waals surface area contributed by atoms with Crippen LogP contribution in [-0.4, -0.2) is 22.5 Å². The fourth-order valence-corrected chi connectivity index (χ4v) is 3.33. The molecule has 0 bridgehead atoms. The van der Waals surface area contributed by atoms with Gasteiger partial charge in [-0.2, -0.15) is 5.26 Å². The maximum atomic E-state index is 12.6. The van der Waals surface area contributed by atoms with Gasteiger partial charge in [-0.1, -0.05) is 29.3 Å². The van der Waals surface area contributed by atoms with Gasteiger partial charge in [0.05, 0.1) is 22.0 Å². The van der Waals surface area contributed by atoms with Crippen molar-refractivity contribution in [1.29, 1.82) is 5.26 Å². The summed E-state index contributed by atoms with van der Waals surface area (Å²) in [5.41, 5.74) is 0.438. The van der Waals surface area contributed by atoms with Crippen molar-refractivity contribution in [3.05, 3.63) is 68.2 Å². The maximum absolute atomic E-state index is 12.6. The largest absolute Gasteiger partial charge is 0.454 e. The van der Waals surface area contributed by atoms with Crippen LogP contribution in [0, 0.1) is 11.3 Å². The quantitative estimate of drug-likeness (QED) is 0.633. The molecule has 29 heavy (non-hydrogen) atoms. The predicted molar refractivity (Wildman–Crippen MR) is 107 cm³/mol. The van der Waals surface area contributed by atoms with Crippen LogP contribution in [0.1, 0.15) is 17.3 Å². The second-order valence-electron chi connectivity index (χ2n) is 6.15. The molecule has 1 N–H and O–H groups in total. The lowest BCUT2D eigenvalue weighted by Crippen LogP contribution is -2.18. The molecule has 144 valence electrons.